The minimum absolute atomic E-state index is 0.107. The Labute approximate surface area is 209 Å². The van der Waals surface area contributed by atoms with Gasteiger partial charge in [0.05, 0.1) is 30.0 Å². The molecule has 1 aliphatic heterocycles. The molecular formula is C25H35F2N5O4. The summed E-state index contributed by atoms with van der Waals surface area (Å²) in [6.07, 6.45) is -1.33. The minimum atomic E-state index is -2.76. The zero-order chi connectivity index (χ0) is 26.3. The maximum absolute atomic E-state index is 14.0. The fourth-order valence-corrected chi connectivity index (χ4v) is 4.71. The van der Waals surface area contributed by atoms with Crippen molar-refractivity contribution in [1.29, 1.82) is 0 Å². The van der Waals surface area contributed by atoms with E-state index in [1.165, 1.54) is 4.90 Å². The van der Waals surface area contributed by atoms with Gasteiger partial charge in [-0.1, -0.05) is 0 Å². The highest BCUT2D eigenvalue weighted by Crippen LogP contribution is 2.38. The van der Waals surface area contributed by atoms with Gasteiger partial charge in [-0.2, -0.15) is 10.1 Å². The van der Waals surface area contributed by atoms with Crippen molar-refractivity contribution in [2.24, 2.45) is 0 Å². The summed E-state index contributed by atoms with van der Waals surface area (Å²) in [6, 6.07) is 2.99. The molecule has 3 heterocycles. The Hall–Kier alpha value is -2.66. The van der Waals surface area contributed by atoms with E-state index in [9.17, 15) is 18.7 Å². The van der Waals surface area contributed by atoms with Gasteiger partial charge in [0.15, 0.2) is 0 Å². The standard InChI is InChI=1S/C25H35F2N5O4/c1-15-12-16(2)32(30-15)22-28-19(18-14-35-11-8-20(18)33)13-21(29-22)31(23(34)36-24(3,4)5)17-6-9-25(26,27)10-7-17/h12-13,17-18,20,33H,6-11,14H2,1-5H3/t18-,20+/m0/s1. The van der Waals surface area contributed by atoms with Gasteiger partial charge in [0.1, 0.15) is 11.4 Å². The summed E-state index contributed by atoms with van der Waals surface area (Å²) in [7, 11) is 0. The lowest BCUT2D eigenvalue weighted by Gasteiger charge is -2.37. The Morgan fingerprint density at radius 3 is 2.47 bits per heavy atom. The minimum Gasteiger partial charge on any atom is -0.443 e. The van der Waals surface area contributed by atoms with Crippen molar-refractivity contribution in [3.63, 3.8) is 0 Å². The first-order valence-corrected chi connectivity index (χ1v) is 12.4. The van der Waals surface area contributed by atoms with Crippen LogP contribution < -0.4 is 4.90 Å². The van der Waals surface area contributed by atoms with E-state index < -0.39 is 35.7 Å². The SMILES string of the molecule is Cc1cc(C)n(-c2nc([C@@H]3COCC[C@H]3O)cc(N(C(=O)OC(C)(C)C)C3CCC(F)(F)CC3)n2)n1. The largest absolute Gasteiger partial charge is 0.443 e. The third-order valence-electron chi connectivity index (χ3n) is 6.51. The van der Waals surface area contributed by atoms with Crippen LogP contribution in [-0.4, -0.2) is 67.8 Å². The maximum atomic E-state index is 14.0. The number of carbonyl (C=O) groups excluding carboxylic acids is 1. The number of amides is 1. The first kappa shape index (κ1) is 26.4. The molecule has 0 radical (unpaired) electrons. The summed E-state index contributed by atoms with van der Waals surface area (Å²) in [6.45, 7) is 9.67. The molecule has 1 saturated heterocycles. The molecule has 0 bridgehead atoms. The number of alkyl halides is 2. The summed E-state index contributed by atoms with van der Waals surface area (Å²) in [5, 5.41) is 15.2. The Morgan fingerprint density at radius 1 is 1.19 bits per heavy atom. The van der Waals surface area contributed by atoms with E-state index in [-0.39, 0.29) is 44.1 Å². The fraction of sp³-hybridized carbons (Fsp3) is 0.680. The van der Waals surface area contributed by atoms with Crippen LogP contribution in [0.4, 0.5) is 19.4 Å². The number of hydrogen-bond acceptors (Lipinski definition) is 7. The number of rotatable bonds is 4. The van der Waals surface area contributed by atoms with Crippen LogP contribution in [0, 0.1) is 13.8 Å². The monoisotopic (exact) mass is 507 g/mol. The number of hydrogen-bond donors (Lipinski definition) is 1. The lowest BCUT2D eigenvalue weighted by molar-refractivity contribution is -0.0389. The van der Waals surface area contributed by atoms with Crippen molar-refractivity contribution in [2.75, 3.05) is 18.1 Å². The predicted octanol–water partition coefficient (Wildman–Crippen LogP) is 4.46. The molecule has 0 aromatic carbocycles. The van der Waals surface area contributed by atoms with Crippen LogP contribution in [0.25, 0.3) is 5.95 Å². The van der Waals surface area contributed by atoms with E-state index in [1.54, 1.807) is 31.5 Å². The van der Waals surface area contributed by atoms with Crippen molar-refractivity contribution in [2.45, 2.75) is 96.3 Å². The molecule has 1 aliphatic carbocycles. The van der Waals surface area contributed by atoms with Gasteiger partial charge in [-0.3, -0.25) is 4.90 Å². The maximum Gasteiger partial charge on any atom is 0.416 e. The van der Waals surface area contributed by atoms with Crippen molar-refractivity contribution in [1.82, 2.24) is 19.7 Å². The lowest BCUT2D eigenvalue weighted by atomic mass is 9.91. The number of carbonyl (C=O) groups is 1. The van der Waals surface area contributed by atoms with Gasteiger partial charge in [0, 0.05) is 37.3 Å². The number of halogens is 2. The van der Waals surface area contributed by atoms with E-state index in [4.69, 9.17) is 9.47 Å². The lowest BCUT2D eigenvalue weighted by Crippen LogP contribution is -2.47. The molecule has 2 aromatic rings. The Morgan fingerprint density at radius 2 is 1.89 bits per heavy atom. The van der Waals surface area contributed by atoms with Crippen LogP contribution in [0.3, 0.4) is 0 Å². The first-order valence-electron chi connectivity index (χ1n) is 12.4. The molecule has 1 amide bonds. The van der Waals surface area contributed by atoms with Gasteiger partial charge in [0.2, 0.25) is 5.92 Å². The molecule has 1 N–H and O–H groups in total. The summed E-state index contributed by atoms with van der Waals surface area (Å²) >= 11 is 0. The Balaban J connectivity index is 1.82. The summed E-state index contributed by atoms with van der Waals surface area (Å²) < 4.78 is 40.8. The molecule has 2 atom stereocenters. The third-order valence-corrected chi connectivity index (χ3v) is 6.51. The molecule has 198 valence electrons. The molecule has 0 spiro atoms. The second-order valence-corrected chi connectivity index (χ2v) is 10.8. The Bertz CT molecular complexity index is 1090. The molecule has 36 heavy (non-hydrogen) atoms. The number of nitrogens with zero attached hydrogens (tertiary/aromatic N) is 5. The van der Waals surface area contributed by atoms with Gasteiger partial charge in [-0.15, -0.1) is 0 Å². The zero-order valence-corrected chi connectivity index (χ0v) is 21.5. The molecule has 4 rings (SSSR count). The van der Waals surface area contributed by atoms with Gasteiger partial charge in [-0.05, 0) is 59.9 Å². The first-order chi connectivity index (χ1) is 16.8. The number of aliphatic hydroxyl groups is 1. The summed E-state index contributed by atoms with van der Waals surface area (Å²) in [5.74, 6) is -2.75. The summed E-state index contributed by atoms with van der Waals surface area (Å²) in [4.78, 5) is 24.2. The molecule has 1 saturated carbocycles. The third kappa shape index (κ3) is 6.00. The van der Waals surface area contributed by atoms with Gasteiger partial charge in [-0.25, -0.2) is 23.2 Å². The van der Waals surface area contributed by atoms with Crippen LogP contribution in [-0.2, 0) is 9.47 Å². The van der Waals surface area contributed by atoms with E-state index >= 15 is 0 Å². The highest BCUT2D eigenvalue weighted by Gasteiger charge is 2.41. The van der Waals surface area contributed by atoms with E-state index in [2.05, 4.69) is 15.1 Å². The molecule has 2 aliphatic rings. The summed E-state index contributed by atoms with van der Waals surface area (Å²) in [5.41, 5.74) is 1.25. The number of aryl methyl sites for hydroxylation is 2. The van der Waals surface area contributed by atoms with Gasteiger partial charge < -0.3 is 14.6 Å². The second-order valence-electron chi connectivity index (χ2n) is 10.8. The van der Waals surface area contributed by atoms with Crippen molar-refractivity contribution in [3.8, 4) is 5.95 Å². The average Bonchev–Trinajstić information content (AvgIpc) is 3.12. The molecule has 2 aromatic heterocycles. The van der Waals surface area contributed by atoms with Crippen LogP contribution in [0.1, 0.15) is 75.9 Å². The van der Waals surface area contributed by atoms with E-state index in [1.807, 2.05) is 19.9 Å². The normalized spacial score (nSPS) is 22.9. The van der Waals surface area contributed by atoms with E-state index in [0.717, 1.165) is 11.4 Å². The van der Waals surface area contributed by atoms with Crippen LogP contribution in [0.15, 0.2) is 12.1 Å². The molecule has 0 unspecified atom stereocenters. The highest BCUT2D eigenvalue weighted by atomic mass is 19.3. The predicted molar refractivity (Wildman–Crippen MR) is 129 cm³/mol. The fourth-order valence-electron chi connectivity index (χ4n) is 4.71. The van der Waals surface area contributed by atoms with Crippen molar-refractivity contribution < 1.29 is 28.2 Å². The smallest absolute Gasteiger partial charge is 0.416 e. The number of aromatic nitrogens is 4. The molecule has 2 fully saturated rings. The number of anilines is 1. The molecule has 11 heteroatoms. The quantitative estimate of drug-likeness (QED) is 0.652. The molecular weight excluding hydrogens is 472 g/mol. The number of aliphatic hydroxyl groups excluding tert-OH is 1. The molecule has 9 nitrogen and oxygen atoms in total. The van der Waals surface area contributed by atoms with Gasteiger partial charge >= 0.3 is 6.09 Å². The van der Waals surface area contributed by atoms with Crippen LogP contribution >= 0.6 is 0 Å². The Kier molecular flexibility index (Phi) is 7.34. The van der Waals surface area contributed by atoms with Gasteiger partial charge in [0.25, 0.3) is 5.95 Å². The van der Waals surface area contributed by atoms with Crippen molar-refractivity contribution in [3.05, 3.63) is 29.2 Å². The van der Waals surface area contributed by atoms with Crippen LogP contribution in [0.2, 0.25) is 0 Å². The second kappa shape index (κ2) is 10.0. The zero-order valence-electron chi connectivity index (χ0n) is 21.5. The topological polar surface area (TPSA) is 103 Å². The van der Waals surface area contributed by atoms with Crippen LogP contribution in [0.5, 0.6) is 0 Å². The van der Waals surface area contributed by atoms with E-state index in [0.29, 0.717) is 18.7 Å². The highest BCUT2D eigenvalue weighted by molar-refractivity contribution is 5.87. The average molecular weight is 508 g/mol. The van der Waals surface area contributed by atoms with Crippen molar-refractivity contribution >= 4 is 11.9 Å². The number of ether oxygens (including phenoxy) is 2.